The van der Waals surface area contributed by atoms with E-state index in [0.29, 0.717) is 13.1 Å². The first-order valence-electron chi connectivity index (χ1n) is 10.9. The number of rotatable bonds is 6. The van der Waals surface area contributed by atoms with Gasteiger partial charge >= 0.3 is 6.03 Å². The Morgan fingerprint density at radius 2 is 1.77 bits per heavy atom. The average Bonchev–Trinajstić information content (AvgIpc) is 3.07. The Morgan fingerprint density at radius 1 is 1.07 bits per heavy atom. The summed E-state index contributed by atoms with van der Waals surface area (Å²) in [6.07, 6.45) is 11.5. The molecule has 0 atom stereocenters. The Morgan fingerprint density at radius 3 is 2.47 bits per heavy atom. The number of hydrogen-bond donors (Lipinski definition) is 3. The minimum absolute atomic E-state index is 0.000783. The van der Waals surface area contributed by atoms with Crippen molar-refractivity contribution in [2.45, 2.75) is 57.0 Å². The summed E-state index contributed by atoms with van der Waals surface area (Å²) >= 11 is 3.44. The van der Waals surface area contributed by atoms with E-state index >= 15 is 0 Å². The van der Waals surface area contributed by atoms with Crippen LogP contribution in [0.3, 0.4) is 0 Å². The van der Waals surface area contributed by atoms with Crippen LogP contribution in [0, 0.1) is 17.8 Å². The smallest absolute Gasteiger partial charge is 0.315 e. The average molecular weight is 474 g/mol. The van der Waals surface area contributed by atoms with E-state index in [4.69, 9.17) is 0 Å². The van der Waals surface area contributed by atoms with Gasteiger partial charge in [0.1, 0.15) is 5.65 Å². The minimum atomic E-state index is -0.129. The van der Waals surface area contributed by atoms with E-state index in [1.807, 2.05) is 28.9 Å². The van der Waals surface area contributed by atoms with Gasteiger partial charge in [0.2, 0.25) is 5.91 Å². The molecule has 4 bridgehead atoms. The van der Waals surface area contributed by atoms with Crippen molar-refractivity contribution < 1.29 is 9.59 Å². The quantitative estimate of drug-likeness (QED) is 0.600. The van der Waals surface area contributed by atoms with E-state index in [1.165, 1.54) is 19.3 Å². The number of nitrogens with zero attached hydrogens (tertiary/aromatic N) is 2. The van der Waals surface area contributed by atoms with Gasteiger partial charge < -0.3 is 20.4 Å². The van der Waals surface area contributed by atoms with Crippen LogP contribution in [0.5, 0.6) is 0 Å². The number of amides is 3. The molecule has 8 heteroatoms. The second-order valence-corrected chi connectivity index (χ2v) is 10.4. The molecule has 3 amide bonds. The van der Waals surface area contributed by atoms with Crippen LogP contribution in [0.2, 0.25) is 0 Å². The number of aromatic nitrogens is 2. The maximum Gasteiger partial charge on any atom is 0.315 e. The normalized spacial score (nSPS) is 29.2. The van der Waals surface area contributed by atoms with Gasteiger partial charge in [0, 0.05) is 35.4 Å². The lowest BCUT2D eigenvalue weighted by atomic mass is 9.53. The molecule has 7 nitrogen and oxygen atoms in total. The number of urea groups is 1. The molecule has 0 aliphatic heterocycles. The van der Waals surface area contributed by atoms with E-state index in [-0.39, 0.29) is 23.9 Å². The molecule has 0 saturated heterocycles. The van der Waals surface area contributed by atoms with Crippen molar-refractivity contribution in [2.24, 2.45) is 17.8 Å². The zero-order chi connectivity index (χ0) is 20.7. The third-order valence-corrected chi connectivity index (χ3v) is 7.46. The predicted molar refractivity (Wildman–Crippen MR) is 117 cm³/mol. The summed E-state index contributed by atoms with van der Waals surface area (Å²) in [5.74, 6) is 2.29. The van der Waals surface area contributed by atoms with Crippen LogP contribution in [0.4, 0.5) is 4.79 Å². The van der Waals surface area contributed by atoms with E-state index in [2.05, 4.69) is 36.9 Å². The molecular weight excluding hydrogens is 446 g/mol. The van der Waals surface area contributed by atoms with Crippen LogP contribution in [-0.4, -0.2) is 33.4 Å². The highest BCUT2D eigenvalue weighted by molar-refractivity contribution is 9.10. The fourth-order valence-electron chi connectivity index (χ4n) is 6.22. The van der Waals surface area contributed by atoms with E-state index < -0.39 is 0 Å². The topological polar surface area (TPSA) is 87.5 Å². The largest absolute Gasteiger partial charge is 0.350 e. The van der Waals surface area contributed by atoms with Crippen LogP contribution in [0.25, 0.3) is 5.65 Å². The number of imidazole rings is 1. The third-order valence-electron chi connectivity index (χ3n) is 6.99. The lowest BCUT2D eigenvalue weighted by Gasteiger charge is -2.56. The van der Waals surface area contributed by atoms with Crippen LogP contribution < -0.4 is 16.0 Å². The van der Waals surface area contributed by atoms with Crippen molar-refractivity contribution >= 4 is 33.5 Å². The number of fused-ring (bicyclic) bond motifs is 1. The standard InChI is InChI=1S/C22H28BrN5O2/c23-17-1-2-19-26-18(13-28(19)12-17)11-25-20(29)3-4-24-21(30)27-22-8-14-5-15(9-22)7-16(6-14)10-22/h1-2,12-16H,3-11H2,(H,25,29)(H2,24,27,30). The summed E-state index contributed by atoms with van der Waals surface area (Å²) in [6, 6.07) is 3.72. The Hall–Kier alpha value is -2.09. The van der Waals surface area contributed by atoms with E-state index in [9.17, 15) is 9.59 Å². The maximum absolute atomic E-state index is 12.4. The van der Waals surface area contributed by atoms with Gasteiger partial charge in [-0.3, -0.25) is 4.79 Å². The van der Waals surface area contributed by atoms with E-state index in [1.54, 1.807) is 0 Å². The van der Waals surface area contributed by atoms with Crippen LogP contribution >= 0.6 is 15.9 Å². The molecule has 4 fully saturated rings. The number of halogens is 1. The first kappa shape index (κ1) is 19.8. The molecule has 4 aliphatic carbocycles. The molecular formula is C22H28BrN5O2. The summed E-state index contributed by atoms with van der Waals surface area (Å²) in [6.45, 7) is 0.708. The van der Waals surface area contributed by atoms with Gasteiger partial charge in [0.25, 0.3) is 0 Å². The minimum Gasteiger partial charge on any atom is -0.350 e. The zero-order valence-corrected chi connectivity index (χ0v) is 18.6. The summed E-state index contributed by atoms with van der Waals surface area (Å²) in [7, 11) is 0. The fourth-order valence-corrected chi connectivity index (χ4v) is 6.57. The summed E-state index contributed by atoms with van der Waals surface area (Å²) in [4.78, 5) is 29.1. The van der Waals surface area contributed by atoms with Gasteiger partial charge in [-0.05, 0) is 84.3 Å². The molecule has 0 unspecified atom stereocenters. The molecule has 2 aromatic heterocycles. The van der Waals surface area contributed by atoms with Crippen LogP contribution in [-0.2, 0) is 11.3 Å². The van der Waals surface area contributed by atoms with Crippen molar-refractivity contribution in [3.63, 3.8) is 0 Å². The molecule has 0 aromatic carbocycles. The number of carbonyl (C=O) groups is 2. The highest BCUT2D eigenvalue weighted by Gasteiger charge is 2.51. The first-order chi connectivity index (χ1) is 14.5. The second kappa shape index (κ2) is 7.87. The van der Waals surface area contributed by atoms with Gasteiger partial charge in [0.15, 0.2) is 0 Å². The summed E-state index contributed by atoms with van der Waals surface area (Å²) in [5, 5.41) is 9.03. The Balaban J connectivity index is 1.05. The van der Waals surface area contributed by atoms with Crippen molar-refractivity contribution in [3.05, 3.63) is 34.7 Å². The monoisotopic (exact) mass is 473 g/mol. The van der Waals surface area contributed by atoms with Gasteiger partial charge in [-0.15, -0.1) is 0 Å². The van der Waals surface area contributed by atoms with Gasteiger partial charge in [-0.1, -0.05) is 0 Å². The SMILES string of the molecule is O=C(CCNC(=O)NC12CC3CC(CC(C3)C1)C2)NCc1cn2cc(Br)ccc2n1. The molecule has 0 spiro atoms. The Kier molecular flexibility index (Phi) is 5.21. The highest BCUT2D eigenvalue weighted by Crippen LogP contribution is 2.55. The first-order valence-corrected chi connectivity index (χ1v) is 11.7. The summed E-state index contributed by atoms with van der Waals surface area (Å²) in [5.41, 5.74) is 1.64. The summed E-state index contributed by atoms with van der Waals surface area (Å²) < 4.78 is 2.89. The van der Waals surface area contributed by atoms with Crippen LogP contribution in [0.15, 0.2) is 29.0 Å². The fraction of sp³-hybridized carbons (Fsp3) is 0.591. The van der Waals surface area contributed by atoms with Gasteiger partial charge in [0.05, 0.1) is 12.2 Å². The Bertz CT molecular complexity index is 936. The molecule has 3 N–H and O–H groups in total. The predicted octanol–water partition coefficient (Wildman–Crippen LogP) is 3.37. The van der Waals surface area contributed by atoms with Crippen molar-refractivity contribution in [3.8, 4) is 0 Å². The molecule has 4 saturated carbocycles. The maximum atomic E-state index is 12.4. The second-order valence-electron chi connectivity index (χ2n) is 9.45. The molecule has 0 radical (unpaired) electrons. The molecule has 6 rings (SSSR count). The lowest BCUT2D eigenvalue weighted by molar-refractivity contribution is -0.121. The number of hydrogen-bond acceptors (Lipinski definition) is 3. The zero-order valence-electron chi connectivity index (χ0n) is 17.0. The van der Waals surface area contributed by atoms with Crippen molar-refractivity contribution in [1.82, 2.24) is 25.3 Å². The van der Waals surface area contributed by atoms with Gasteiger partial charge in [-0.2, -0.15) is 0 Å². The molecule has 2 aromatic rings. The number of nitrogens with one attached hydrogen (secondary N) is 3. The Labute approximate surface area is 184 Å². The van der Waals surface area contributed by atoms with Crippen molar-refractivity contribution in [1.29, 1.82) is 0 Å². The molecule has 4 aliphatic rings. The third kappa shape index (κ3) is 4.19. The molecule has 160 valence electrons. The van der Waals surface area contributed by atoms with Crippen molar-refractivity contribution in [2.75, 3.05) is 6.54 Å². The molecule has 2 heterocycles. The highest BCUT2D eigenvalue weighted by atomic mass is 79.9. The van der Waals surface area contributed by atoms with Crippen LogP contribution in [0.1, 0.15) is 50.6 Å². The van der Waals surface area contributed by atoms with E-state index in [0.717, 1.165) is 52.8 Å². The van der Waals surface area contributed by atoms with Gasteiger partial charge in [-0.25, -0.2) is 9.78 Å². The number of carbonyl (C=O) groups excluding carboxylic acids is 2. The molecule has 30 heavy (non-hydrogen) atoms. The lowest BCUT2D eigenvalue weighted by Crippen LogP contribution is -2.61. The number of pyridine rings is 1.